The number of hydrogen-bond donors (Lipinski definition) is 1. The van der Waals surface area contributed by atoms with E-state index in [1.54, 1.807) is 19.1 Å². The van der Waals surface area contributed by atoms with Gasteiger partial charge in [-0.2, -0.15) is 5.10 Å². The number of amides is 1. The number of rotatable bonds is 6. The minimum absolute atomic E-state index is 0.107. The molecule has 1 heterocycles. The highest BCUT2D eigenvalue weighted by atomic mass is 35.5. The molecule has 1 aromatic rings. The first-order valence-electron chi connectivity index (χ1n) is 7.10. The number of halogens is 1. The van der Waals surface area contributed by atoms with Gasteiger partial charge in [-0.05, 0) is 19.1 Å². The van der Waals surface area contributed by atoms with Crippen LogP contribution in [0.3, 0.4) is 0 Å². The van der Waals surface area contributed by atoms with Crippen LogP contribution >= 0.6 is 23.4 Å². The van der Waals surface area contributed by atoms with Crippen molar-refractivity contribution in [3.8, 4) is 11.5 Å². The molecule has 1 N–H and O–H groups in total. The van der Waals surface area contributed by atoms with Crippen LogP contribution in [0.4, 0.5) is 0 Å². The summed E-state index contributed by atoms with van der Waals surface area (Å²) >= 11 is 7.49. The first kappa shape index (κ1) is 19.1. The molecule has 1 fully saturated rings. The molecule has 134 valence electrons. The van der Waals surface area contributed by atoms with Crippen LogP contribution in [0.1, 0.15) is 12.5 Å². The summed E-state index contributed by atoms with van der Waals surface area (Å²) in [6, 6.07) is 3.22. The highest BCUT2D eigenvalue weighted by Gasteiger charge is 2.20. The Hall–Kier alpha value is -2.26. The average molecular weight is 386 g/mol. The standard InChI is InChI=1S/C15H16ClN3O5S/c1-8(14(21)23-3)24-13-10(16)4-9(5-11(13)22-2)6-17-19-15-18-12(20)7-25-15/h4-6,8H,7H2,1-3H3,(H,18,19,20). The van der Waals surface area contributed by atoms with Gasteiger partial charge in [0.05, 0.1) is 31.2 Å². The minimum Gasteiger partial charge on any atom is -0.493 e. The number of carbonyl (C=O) groups is 2. The molecule has 0 radical (unpaired) electrons. The van der Waals surface area contributed by atoms with Crippen LogP contribution in [0.15, 0.2) is 22.3 Å². The van der Waals surface area contributed by atoms with E-state index in [1.165, 1.54) is 32.2 Å². The van der Waals surface area contributed by atoms with E-state index < -0.39 is 12.1 Å². The monoisotopic (exact) mass is 385 g/mol. The van der Waals surface area contributed by atoms with Crippen molar-refractivity contribution in [2.24, 2.45) is 10.2 Å². The lowest BCUT2D eigenvalue weighted by Gasteiger charge is -2.16. The number of ether oxygens (including phenoxy) is 3. The summed E-state index contributed by atoms with van der Waals surface area (Å²) in [5, 5.41) is 11.1. The summed E-state index contributed by atoms with van der Waals surface area (Å²) in [5.41, 5.74) is 0.610. The molecule has 1 amide bonds. The molecule has 1 atom stereocenters. The van der Waals surface area contributed by atoms with Crippen molar-refractivity contribution in [2.75, 3.05) is 20.0 Å². The van der Waals surface area contributed by atoms with Gasteiger partial charge in [-0.3, -0.25) is 4.79 Å². The van der Waals surface area contributed by atoms with E-state index in [0.29, 0.717) is 22.2 Å². The van der Waals surface area contributed by atoms with Gasteiger partial charge < -0.3 is 19.5 Å². The minimum atomic E-state index is -0.842. The zero-order valence-corrected chi connectivity index (χ0v) is 15.3. The number of thioether (sulfide) groups is 1. The molecule has 0 saturated carbocycles. The quantitative estimate of drug-likeness (QED) is 0.456. The Morgan fingerprint density at radius 3 is 2.80 bits per heavy atom. The first-order valence-corrected chi connectivity index (χ1v) is 8.46. The molecule has 8 nitrogen and oxygen atoms in total. The molecule has 1 unspecified atom stereocenters. The summed E-state index contributed by atoms with van der Waals surface area (Å²) in [4.78, 5) is 22.5. The number of carbonyl (C=O) groups excluding carboxylic acids is 2. The number of nitrogens with zero attached hydrogens (tertiary/aromatic N) is 2. The topological polar surface area (TPSA) is 98.6 Å². The van der Waals surface area contributed by atoms with Gasteiger partial charge in [-0.25, -0.2) is 4.79 Å². The number of hydrogen-bond acceptors (Lipinski definition) is 8. The van der Waals surface area contributed by atoms with Crippen molar-refractivity contribution < 1.29 is 23.8 Å². The van der Waals surface area contributed by atoms with Gasteiger partial charge in [0.1, 0.15) is 0 Å². The predicted octanol–water partition coefficient (Wildman–Crippen LogP) is 1.84. The molecule has 0 spiro atoms. The SMILES string of the molecule is COC(=O)C(C)Oc1c(Cl)cc(C=NN=C2NC(=O)CS2)cc1OC. The van der Waals surface area contributed by atoms with Crippen LogP contribution in [0.2, 0.25) is 5.02 Å². The van der Waals surface area contributed by atoms with E-state index in [9.17, 15) is 9.59 Å². The number of methoxy groups -OCH3 is 2. The number of amidine groups is 1. The van der Waals surface area contributed by atoms with E-state index in [4.69, 9.17) is 21.1 Å². The third-order valence-electron chi connectivity index (χ3n) is 3.02. The maximum Gasteiger partial charge on any atom is 0.346 e. The van der Waals surface area contributed by atoms with Crippen LogP contribution < -0.4 is 14.8 Å². The largest absolute Gasteiger partial charge is 0.493 e. The van der Waals surface area contributed by atoms with Gasteiger partial charge in [0.25, 0.3) is 0 Å². The number of esters is 1. The molecular formula is C15H16ClN3O5S. The maximum atomic E-state index is 11.5. The summed E-state index contributed by atoms with van der Waals surface area (Å²) in [6.07, 6.45) is 0.616. The van der Waals surface area contributed by atoms with Gasteiger partial charge >= 0.3 is 5.97 Å². The van der Waals surface area contributed by atoms with Crippen molar-refractivity contribution >= 4 is 46.6 Å². The lowest BCUT2D eigenvalue weighted by molar-refractivity contribution is -0.147. The fraction of sp³-hybridized carbons (Fsp3) is 0.333. The van der Waals surface area contributed by atoms with Gasteiger partial charge in [0.2, 0.25) is 5.91 Å². The molecule has 1 aliphatic rings. The summed E-state index contributed by atoms with van der Waals surface area (Å²) in [6.45, 7) is 1.54. The zero-order chi connectivity index (χ0) is 18.4. The third-order valence-corrected chi connectivity index (χ3v) is 4.17. The smallest absolute Gasteiger partial charge is 0.346 e. The lowest BCUT2D eigenvalue weighted by Crippen LogP contribution is -2.25. The fourth-order valence-corrected chi connectivity index (χ4v) is 2.74. The van der Waals surface area contributed by atoms with Crippen molar-refractivity contribution in [1.29, 1.82) is 0 Å². The summed E-state index contributed by atoms with van der Waals surface area (Å²) in [5.74, 6) is 0.254. The number of nitrogens with one attached hydrogen (secondary N) is 1. The normalized spacial score (nSPS) is 16.8. The lowest BCUT2D eigenvalue weighted by atomic mass is 10.2. The Morgan fingerprint density at radius 1 is 1.44 bits per heavy atom. The highest BCUT2D eigenvalue weighted by molar-refractivity contribution is 8.15. The van der Waals surface area contributed by atoms with E-state index in [-0.39, 0.29) is 16.7 Å². The maximum absolute atomic E-state index is 11.5. The molecule has 1 saturated heterocycles. The van der Waals surface area contributed by atoms with Crippen LogP contribution in [0, 0.1) is 0 Å². The van der Waals surface area contributed by atoms with E-state index in [2.05, 4.69) is 20.3 Å². The second kappa shape index (κ2) is 8.72. The molecule has 0 bridgehead atoms. The van der Waals surface area contributed by atoms with Gasteiger partial charge in [-0.1, -0.05) is 23.4 Å². The molecule has 1 aromatic carbocycles. The van der Waals surface area contributed by atoms with Crippen LogP contribution in [0.25, 0.3) is 0 Å². The highest BCUT2D eigenvalue weighted by Crippen LogP contribution is 2.36. The Kier molecular flexibility index (Phi) is 6.65. The zero-order valence-electron chi connectivity index (χ0n) is 13.7. The molecule has 25 heavy (non-hydrogen) atoms. The molecule has 2 rings (SSSR count). The Bertz CT molecular complexity index is 738. The van der Waals surface area contributed by atoms with Crippen molar-refractivity contribution in [2.45, 2.75) is 13.0 Å². The van der Waals surface area contributed by atoms with Crippen molar-refractivity contribution in [1.82, 2.24) is 5.32 Å². The second-order valence-corrected chi connectivity index (χ2v) is 6.18. The molecule has 0 aromatic heterocycles. The van der Waals surface area contributed by atoms with Crippen LogP contribution in [-0.2, 0) is 14.3 Å². The summed E-state index contributed by atoms with van der Waals surface area (Å²) in [7, 11) is 2.72. The molecule has 0 aliphatic carbocycles. The third kappa shape index (κ3) is 5.10. The Labute approximate surface area is 153 Å². The Morgan fingerprint density at radius 2 is 2.20 bits per heavy atom. The average Bonchev–Trinajstić information content (AvgIpc) is 3.01. The van der Waals surface area contributed by atoms with E-state index in [0.717, 1.165) is 0 Å². The van der Waals surface area contributed by atoms with Crippen LogP contribution in [-0.4, -0.2) is 49.3 Å². The van der Waals surface area contributed by atoms with Gasteiger partial charge in [0, 0.05) is 5.56 Å². The molecule has 10 heteroatoms. The second-order valence-electron chi connectivity index (χ2n) is 4.80. The van der Waals surface area contributed by atoms with Gasteiger partial charge in [-0.15, -0.1) is 5.10 Å². The molecule has 1 aliphatic heterocycles. The van der Waals surface area contributed by atoms with E-state index in [1.807, 2.05) is 0 Å². The van der Waals surface area contributed by atoms with Crippen LogP contribution in [0.5, 0.6) is 11.5 Å². The number of benzene rings is 1. The predicted molar refractivity (Wildman–Crippen MR) is 95.7 cm³/mol. The van der Waals surface area contributed by atoms with Crippen molar-refractivity contribution in [3.05, 3.63) is 22.7 Å². The van der Waals surface area contributed by atoms with E-state index >= 15 is 0 Å². The molecular weight excluding hydrogens is 370 g/mol. The fourth-order valence-electron chi connectivity index (χ4n) is 1.85. The van der Waals surface area contributed by atoms with Crippen molar-refractivity contribution in [3.63, 3.8) is 0 Å². The van der Waals surface area contributed by atoms with Gasteiger partial charge in [0.15, 0.2) is 22.8 Å². The summed E-state index contributed by atoms with van der Waals surface area (Å²) < 4.78 is 15.4. The first-order chi connectivity index (χ1) is 11.9. The Balaban J connectivity index is 2.18.